The van der Waals surface area contributed by atoms with Crippen molar-refractivity contribution >= 4 is 5.69 Å². The predicted molar refractivity (Wildman–Crippen MR) is 62.3 cm³/mol. The van der Waals surface area contributed by atoms with Crippen LogP contribution in [0.25, 0.3) is 0 Å². The second kappa shape index (κ2) is 5.16. The van der Waals surface area contributed by atoms with Gasteiger partial charge in [0.15, 0.2) is 0 Å². The van der Waals surface area contributed by atoms with Crippen LogP contribution in [-0.4, -0.2) is 29.5 Å². The number of nitrogens with zero attached hydrogens (tertiary/aromatic N) is 2. The lowest BCUT2D eigenvalue weighted by Crippen LogP contribution is -2.24. The molecule has 0 amide bonds. The van der Waals surface area contributed by atoms with Crippen LogP contribution in [0.5, 0.6) is 0 Å². The number of hydrogen-bond acceptors (Lipinski definition) is 3. The summed E-state index contributed by atoms with van der Waals surface area (Å²) < 4.78 is 7.06. The summed E-state index contributed by atoms with van der Waals surface area (Å²) in [6, 6.07) is 0.358. The molecule has 86 valence electrons. The van der Waals surface area contributed by atoms with Gasteiger partial charge in [-0.05, 0) is 20.3 Å². The van der Waals surface area contributed by atoms with E-state index in [1.54, 1.807) is 7.11 Å². The third-order valence-corrected chi connectivity index (χ3v) is 2.72. The third-order valence-electron chi connectivity index (χ3n) is 2.72. The Balaban J connectivity index is 2.78. The Hall–Kier alpha value is -1.03. The van der Waals surface area contributed by atoms with Gasteiger partial charge in [-0.2, -0.15) is 5.10 Å². The lowest BCUT2D eigenvalue weighted by Gasteiger charge is -2.17. The zero-order chi connectivity index (χ0) is 11.4. The maximum absolute atomic E-state index is 5.16. The fourth-order valence-corrected chi connectivity index (χ4v) is 1.65. The maximum Gasteiger partial charge on any atom is 0.0827 e. The topological polar surface area (TPSA) is 39.1 Å². The van der Waals surface area contributed by atoms with Gasteiger partial charge in [-0.15, -0.1) is 0 Å². The molecule has 1 aromatic rings. The van der Waals surface area contributed by atoms with E-state index in [0.717, 1.165) is 24.4 Å². The number of ether oxygens (including phenoxy) is 1. The van der Waals surface area contributed by atoms with E-state index < -0.39 is 0 Å². The second-order valence-corrected chi connectivity index (χ2v) is 3.87. The van der Waals surface area contributed by atoms with Crippen LogP contribution in [0.1, 0.15) is 24.7 Å². The van der Waals surface area contributed by atoms with Crippen molar-refractivity contribution in [2.45, 2.75) is 33.2 Å². The van der Waals surface area contributed by atoms with Crippen molar-refractivity contribution in [3.05, 3.63) is 11.4 Å². The average molecular weight is 211 g/mol. The Kier molecular flexibility index (Phi) is 4.15. The molecule has 0 aromatic carbocycles. The van der Waals surface area contributed by atoms with Gasteiger partial charge in [0.25, 0.3) is 0 Å². The van der Waals surface area contributed by atoms with Crippen LogP contribution < -0.4 is 5.32 Å². The number of anilines is 1. The zero-order valence-corrected chi connectivity index (χ0v) is 10.3. The van der Waals surface area contributed by atoms with Crippen LogP contribution in [0.3, 0.4) is 0 Å². The summed E-state index contributed by atoms with van der Waals surface area (Å²) in [5, 5.41) is 7.85. The Morgan fingerprint density at radius 3 is 2.53 bits per heavy atom. The molecule has 4 heteroatoms. The molecule has 15 heavy (non-hydrogen) atoms. The number of aromatic nitrogens is 2. The summed E-state index contributed by atoms with van der Waals surface area (Å²) in [5.41, 5.74) is 3.35. The molecule has 0 aliphatic carbocycles. The molecule has 0 aliphatic rings. The van der Waals surface area contributed by atoms with Gasteiger partial charge in [0, 0.05) is 20.2 Å². The fourth-order valence-electron chi connectivity index (χ4n) is 1.65. The summed E-state index contributed by atoms with van der Waals surface area (Å²) in [6.07, 6.45) is 1.04. The molecule has 1 aromatic heterocycles. The van der Waals surface area contributed by atoms with Crippen LogP contribution in [-0.2, 0) is 11.8 Å². The van der Waals surface area contributed by atoms with E-state index in [2.05, 4.69) is 24.3 Å². The number of hydrogen-bond donors (Lipinski definition) is 1. The Bertz CT molecular complexity index is 320. The monoisotopic (exact) mass is 211 g/mol. The number of aryl methyl sites for hydroxylation is 2. The molecule has 0 saturated carbocycles. The second-order valence-electron chi connectivity index (χ2n) is 3.87. The van der Waals surface area contributed by atoms with E-state index >= 15 is 0 Å². The fraction of sp³-hybridized carbons (Fsp3) is 0.727. The van der Waals surface area contributed by atoms with Crippen LogP contribution in [0.2, 0.25) is 0 Å². The van der Waals surface area contributed by atoms with E-state index in [1.807, 2.05) is 18.7 Å². The minimum atomic E-state index is 0.358. The van der Waals surface area contributed by atoms with Gasteiger partial charge in [-0.25, -0.2) is 0 Å². The van der Waals surface area contributed by atoms with Gasteiger partial charge in [-0.1, -0.05) is 6.92 Å². The van der Waals surface area contributed by atoms with E-state index in [0.29, 0.717) is 6.04 Å². The number of methoxy groups -OCH3 is 1. The Labute approximate surface area is 91.6 Å². The van der Waals surface area contributed by atoms with Gasteiger partial charge < -0.3 is 10.1 Å². The SMILES string of the molecule is CCC(COC)Nc1c(C)nn(C)c1C. The molecular formula is C11H21N3O. The lowest BCUT2D eigenvalue weighted by atomic mass is 10.2. The molecule has 0 bridgehead atoms. The number of nitrogens with one attached hydrogen (secondary N) is 1. The first kappa shape index (κ1) is 12.0. The summed E-state index contributed by atoms with van der Waals surface area (Å²) in [4.78, 5) is 0. The van der Waals surface area contributed by atoms with Gasteiger partial charge in [0.1, 0.15) is 0 Å². The molecule has 1 unspecified atom stereocenters. The molecule has 4 nitrogen and oxygen atoms in total. The van der Waals surface area contributed by atoms with Crippen molar-refractivity contribution in [3.63, 3.8) is 0 Å². The minimum Gasteiger partial charge on any atom is -0.383 e. The van der Waals surface area contributed by atoms with Crippen molar-refractivity contribution in [1.29, 1.82) is 0 Å². The van der Waals surface area contributed by atoms with Crippen LogP contribution in [0.4, 0.5) is 5.69 Å². The minimum absolute atomic E-state index is 0.358. The van der Waals surface area contributed by atoms with Crippen molar-refractivity contribution in [1.82, 2.24) is 9.78 Å². The van der Waals surface area contributed by atoms with E-state index in [-0.39, 0.29) is 0 Å². The predicted octanol–water partition coefficient (Wildman–Crippen LogP) is 1.87. The standard InChI is InChI=1S/C11H21N3O/c1-6-10(7-15-5)12-11-8(2)13-14(4)9(11)3/h10,12H,6-7H2,1-5H3. The van der Waals surface area contributed by atoms with E-state index in [4.69, 9.17) is 4.74 Å². The van der Waals surface area contributed by atoms with Crippen LogP contribution in [0, 0.1) is 13.8 Å². The first-order chi connectivity index (χ1) is 7.10. The molecule has 0 aliphatic heterocycles. The van der Waals surface area contributed by atoms with Gasteiger partial charge in [-0.3, -0.25) is 4.68 Å². The van der Waals surface area contributed by atoms with E-state index in [1.165, 1.54) is 5.69 Å². The highest BCUT2D eigenvalue weighted by molar-refractivity contribution is 5.52. The maximum atomic E-state index is 5.16. The van der Waals surface area contributed by atoms with Gasteiger partial charge in [0.05, 0.1) is 23.7 Å². The summed E-state index contributed by atoms with van der Waals surface area (Å²) in [5.74, 6) is 0. The van der Waals surface area contributed by atoms with Gasteiger partial charge in [0.2, 0.25) is 0 Å². The molecule has 1 heterocycles. The molecule has 0 saturated heterocycles. The highest BCUT2D eigenvalue weighted by Crippen LogP contribution is 2.19. The van der Waals surface area contributed by atoms with Crippen LogP contribution >= 0.6 is 0 Å². The molecule has 0 spiro atoms. The normalized spacial score (nSPS) is 12.9. The van der Waals surface area contributed by atoms with Crippen molar-refractivity contribution in [2.75, 3.05) is 19.0 Å². The molecule has 1 N–H and O–H groups in total. The molecular weight excluding hydrogens is 190 g/mol. The smallest absolute Gasteiger partial charge is 0.0827 e. The van der Waals surface area contributed by atoms with Gasteiger partial charge >= 0.3 is 0 Å². The average Bonchev–Trinajstić information content (AvgIpc) is 2.44. The summed E-state index contributed by atoms with van der Waals surface area (Å²) in [7, 11) is 3.69. The highest BCUT2D eigenvalue weighted by atomic mass is 16.5. The van der Waals surface area contributed by atoms with Crippen molar-refractivity contribution in [3.8, 4) is 0 Å². The van der Waals surface area contributed by atoms with Crippen molar-refractivity contribution in [2.24, 2.45) is 7.05 Å². The largest absolute Gasteiger partial charge is 0.383 e. The quantitative estimate of drug-likeness (QED) is 0.808. The molecule has 0 fully saturated rings. The summed E-state index contributed by atoms with van der Waals surface area (Å²) in [6.45, 7) is 6.97. The third kappa shape index (κ3) is 2.72. The molecule has 0 radical (unpaired) electrons. The first-order valence-electron chi connectivity index (χ1n) is 5.35. The lowest BCUT2D eigenvalue weighted by molar-refractivity contribution is 0.184. The van der Waals surface area contributed by atoms with E-state index in [9.17, 15) is 0 Å². The Morgan fingerprint density at radius 2 is 2.13 bits per heavy atom. The number of rotatable bonds is 5. The molecule has 1 rings (SSSR count). The van der Waals surface area contributed by atoms with Crippen molar-refractivity contribution < 1.29 is 4.74 Å². The summed E-state index contributed by atoms with van der Waals surface area (Å²) >= 11 is 0. The Morgan fingerprint density at radius 1 is 1.47 bits per heavy atom. The zero-order valence-electron chi connectivity index (χ0n) is 10.3. The highest BCUT2D eigenvalue weighted by Gasteiger charge is 2.13. The molecule has 1 atom stereocenters. The van der Waals surface area contributed by atoms with Crippen LogP contribution in [0.15, 0.2) is 0 Å². The first-order valence-corrected chi connectivity index (χ1v) is 5.35.